The third-order valence-electron chi connectivity index (χ3n) is 21.2. The van der Waals surface area contributed by atoms with Gasteiger partial charge >= 0.3 is 5.97 Å². The van der Waals surface area contributed by atoms with Gasteiger partial charge in [-0.05, 0) is 87.0 Å². The van der Waals surface area contributed by atoms with Crippen LogP contribution in [0, 0.1) is 16.7 Å². The molecular formula is C79H107N23O17S2. The van der Waals surface area contributed by atoms with Crippen molar-refractivity contribution in [2.45, 2.75) is 195 Å². The van der Waals surface area contributed by atoms with E-state index >= 15 is 47.9 Å². The van der Waals surface area contributed by atoms with Crippen molar-refractivity contribution < 1.29 is 82.1 Å². The van der Waals surface area contributed by atoms with Gasteiger partial charge in [-0.15, -0.1) is 0 Å². The zero-order valence-corrected chi connectivity index (χ0v) is 68.8. The molecule has 0 saturated carbocycles. The molecule has 0 radical (unpaired) electrons. The fourth-order valence-corrected chi connectivity index (χ4v) is 16.9. The number of amides is 14. The topological polar surface area (TPSA) is 616 Å². The summed E-state index contributed by atoms with van der Waals surface area (Å²) in [6.07, 6.45) is 0.782. The number of aromatic nitrogens is 3. The van der Waals surface area contributed by atoms with Crippen molar-refractivity contribution >= 4 is 133 Å². The SMILES string of the molecule is CC[C@H](C)[C@@H]1NC(=O)[C@@H]2CCCN2C(=O)[C@H](Cc2c[nH]c3ccccc23)NC(=O)[C@H](CCCNC(=N)N)NC(=O)[C@H](Cc2ccccc2)NC(=O)[C@H](Cc2cnc[nH]2)NC(=O)[C@H]([C@@H](C)O)NC(=O)[C@@H]2CSSC[C@H](NC1=O)C(=O)N[C@@H](Cc1ccccc1)C(=O)N1CCC[C@H]1C(=O)N[C@@H](CC(=O)O)C(=O)NCC(=O)N[C@@H](CCCNC(=N)N)C(=O)N2. The zero-order valence-electron chi connectivity index (χ0n) is 67.2. The Balaban J connectivity index is 1.17. The third kappa shape index (κ3) is 27.1. The summed E-state index contributed by atoms with van der Waals surface area (Å²) in [5.41, 5.74) is 13.8. The monoisotopic (exact) mass is 1710 g/mol. The lowest BCUT2D eigenvalue weighted by atomic mass is 9.97. The van der Waals surface area contributed by atoms with Crippen LogP contribution in [-0.2, 0) is 97.6 Å². The molecule has 4 saturated heterocycles. The molecule has 14 amide bonds. The minimum atomic E-state index is -2.01. The number of benzene rings is 3. The molecule has 4 aliphatic rings. The van der Waals surface area contributed by atoms with E-state index in [0.717, 1.165) is 28.5 Å². The number of nitrogens with one attached hydrogen (secondary N) is 18. The van der Waals surface area contributed by atoms with Crippen molar-refractivity contribution in [3.8, 4) is 0 Å². The number of guanidine groups is 2. The molecule has 5 aromatic rings. The molecule has 0 aliphatic carbocycles. The highest BCUT2D eigenvalue weighted by atomic mass is 33.1. The van der Waals surface area contributed by atoms with E-state index in [1.165, 1.54) is 22.3 Å². The molecule has 2 bridgehead atoms. The highest BCUT2D eigenvalue weighted by molar-refractivity contribution is 8.76. The number of carboxylic acids is 1. The van der Waals surface area contributed by atoms with E-state index in [-0.39, 0.29) is 115 Å². The average Bonchev–Trinajstić information content (AvgIpc) is 1.67. The van der Waals surface area contributed by atoms with Crippen molar-refractivity contribution in [2.75, 3.05) is 44.2 Å². The van der Waals surface area contributed by atoms with Crippen LogP contribution in [0.25, 0.3) is 10.9 Å². The number of carboxylic acid groups (broad SMARTS) is 1. The zero-order chi connectivity index (χ0) is 87.4. The maximum absolute atomic E-state index is 15.7. The van der Waals surface area contributed by atoms with Gasteiger partial charge in [0.2, 0.25) is 82.7 Å². The molecular weight excluding hydrogens is 1610 g/mol. The van der Waals surface area contributed by atoms with Gasteiger partial charge in [-0.3, -0.25) is 82.7 Å². The summed E-state index contributed by atoms with van der Waals surface area (Å²) >= 11 is 0. The number of fused-ring (bicyclic) bond motifs is 8. The molecule has 9 rings (SSSR count). The van der Waals surface area contributed by atoms with Crippen LogP contribution in [-0.4, -0.2) is 264 Å². The number of H-pyrrole nitrogens is 2. The van der Waals surface area contributed by atoms with Crippen LogP contribution in [0.4, 0.5) is 0 Å². The fourth-order valence-electron chi connectivity index (χ4n) is 14.5. The highest BCUT2D eigenvalue weighted by Gasteiger charge is 2.45. The number of aliphatic hydroxyl groups is 1. The number of nitrogens with two attached hydrogens (primary N) is 2. The predicted octanol–water partition coefficient (Wildman–Crippen LogP) is -3.57. The number of hydrogen-bond donors (Lipinski definition) is 22. The number of hydrogen-bond acceptors (Lipinski definition) is 21. The molecule has 24 N–H and O–H groups in total. The molecule has 15 atom stereocenters. The lowest BCUT2D eigenvalue weighted by molar-refractivity contribution is -0.144. The van der Waals surface area contributed by atoms with Gasteiger partial charge in [0.25, 0.3) is 0 Å². The van der Waals surface area contributed by atoms with Crippen LogP contribution >= 0.6 is 21.6 Å². The smallest absolute Gasteiger partial charge is 0.305 e. The summed E-state index contributed by atoms with van der Waals surface area (Å²) < 4.78 is 0. The summed E-state index contributed by atoms with van der Waals surface area (Å²) in [5, 5.41) is 74.8. The van der Waals surface area contributed by atoms with E-state index in [1.54, 1.807) is 92.8 Å². The second-order valence-corrected chi connectivity index (χ2v) is 32.7. The molecule has 42 heteroatoms. The summed E-state index contributed by atoms with van der Waals surface area (Å²) in [7, 11) is 1.67. The van der Waals surface area contributed by atoms with E-state index in [1.807, 2.05) is 12.1 Å². The minimum Gasteiger partial charge on any atom is -0.481 e. The number of para-hydroxylation sites is 1. The van der Waals surface area contributed by atoms with Gasteiger partial charge in [0.1, 0.15) is 78.5 Å². The molecule has 0 spiro atoms. The Hall–Kier alpha value is -12.3. The lowest BCUT2D eigenvalue weighted by Crippen LogP contribution is -2.62. The number of carbonyl (C=O) groups is 15. The number of imidazole rings is 1. The summed E-state index contributed by atoms with van der Waals surface area (Å²) in [6, 6.07) is 3.04. The second kappa shape index (κ2) is 45.2. The largest absolute Gasteiger partial charge is 0.481 e. The van der Waals surface area contributed by atoms with Crippen molar-refractivity contribution in [3.63, 3.8) is 0 Å². The van der Waals surface area contributed by atoms with Crippen molar-refractivity contribution in [2.24, 2.45) is 17.4 Å². The predicted molar refractivity (Wildman–Crippen MR) is 445 cm³/mol. The number of nitrogens with zero attached hydrogens (tertiary/aromatic N) is 3. The Morgan fingerprint density at radius 1 is 0.529 bits per heavy atom. The van der Waals surface area contributed by atoms with Gasteiger partial charge in [0.15, 0.2) is 11.9 Å². The van der Waals surface area contributed by atoms with E-state index < -0.39 is 216 Å². The van der Waals surface area contributed by atoms with Gasteiger partial charge in [0.05, 0.1) is 25.4 Å². The maximum Gasteiger partial charge on any atom is 0.305 e. The first-order valence-electron chi connectivity index (χ1n) is 40.1. The first kappa shape index (κ1) is 92.5. The van der Waals surface area contributed by atoms with E-state index in [9.17, 15) is 34.2 Å². The van der Waals surface area contributed by atoms with Gasteiger partial charge < -0.3 is 116 Å². The van der Waals surface area contributed by atoms with Gasteiger partial charge in [0, 0.05) is 92.4 Å². The number of aromatic amines is 2. The Labute approximate surface area is 704 Å². The molecule has 121 heavy (non-hydrogen) atoms. The van der Waals surface area contributed by atoms with E-state index in [2.05, 4.69) is 89.4 Å². The molecule has 40 nitrogen and oxygen atoms in total. The Morgan fingerprint density at radius 3 is 1.55 bits per heavy atom. The summed E-state index contributed by atoms with van der Waals surface area (Å²) in [4.78, 5) is 236. The van der Waals surface area contributed by atoms with E-state index in [4.69, 9.17) is 22.3 Å². The summed E-state index contributed by atoms with van der Waals surface area (Å²) in [6.45, 7) is 3.46. The van der Waals surface area contributed by atoms with Gasteiger partial charge in [-0.25, -0.2) is 4.98 Å². The number of aliphatic hydroxyl groups excluding tert-OH is 1. The molecule has 6 heterocycles. The molecule has 4 fully saturated rings. The van der Waals surface area contributed by atoms with Crippen LogP contribution in [0.5, 0.6) is 0 Å². The van der Waals surface area contributed by atoms with Crippen LogP contribution in [0.15, 0.2) is 104 Å². The number of carbonyl (C=O) groups excluding carboxylic acids is 14. The Kier molecular flexibility index (Phi) is 34.5. The quantitative estimate of drug-likeness (QED) is 0.0146. The van der Waals surface area contributed by atoms with Gasteiger partial charge in [-0.1, -0.05) is 121 Å². The summed E-state index contributed by atoms with van der Waals surface area (Å²) in [5.74, 6) is -17.9. The lowest BCUT2D eigenvalue weighted by Gasteiger charge is -2.32. The van der Waals surface area contributed by atoms with Crippen molar-refractivity contribution in [1.29, 1.82) is 10.8 Å². The van der Waals surface area contributed by atoms with E-state index in [0.29, 0.717) is 27.6 Å². The molecule has 652 valence electrons. The molecule has 0 unspecified atom stereocenters. The number of aliphatic carboxylic acids is 1. The third-order valence-corrected chi connectivity index (χ3v) is 23.6. The average molecular weight is 1720 g/mol. The normalized spacial score (nSPS) is 25.4. The van der Waals surface area contributed by atoms with Crippen LogP contribution in [0.1, 0.15) is 107 Å². The van der Waals surface area contributed by atoms with Crippen molar-refractivity contribution in [1.82, 2.24) is 99.2 Å². The molecule has 3 aromatic carbocycles. The first-order valence-corrected chi connectivity index (χ1v) is 42.6. The first-order chi connectivity index (χ1) is 57.9. The second-order valence-electron chi connectivity index (χ2n) is 30.2. The van der Waals surface area contributed by atoms with Gasteiger partial charge in [-0.2, -0.15) is 0 Å². The molecule has 4 aliphatic heterocycles. The van der Waals surface area contributed by atoms with Crippen LogP contribution < -0.4 is 85.9 Å². The fraction of sp³-hybridized carbons (Fsp3) is 0.494. The maximum atomic E-state index is 15.7. The van der Waals surface area contributed by atoms with Crippen LogP contribution in [0.3, 0.4) is 0 Å². The number of rotatable bonds is 21. The minimum absolute atomic E-state index is 0.00134. The Morgan fingerprint density at radius 2 is 0.992 bits per heavy atom. The Bertz CT molecular complexity index is 4530. The van der Waals surface area contributed by atoms with Crippen LogP contribution in [0.2, 0.25) is 0 Å². The highest BCUT2D eigenvalue weighted by Crippen LogP contribution is 2.28. The standard InChI is InChI=1S/C79H107N23O17S2/c1-4-42(2)63-74(116)98-57-39-120-121-40-58(97-66(108)50(23-13-27-85-78(80)81)90-61(104)38-88-65(107)54(35-62(105)106)93-72(114)59-25-15-29-101(59)76(118)55(95-70(57)112)32-45-19-9-6-10-20-45)71(113)100-64(43(3)103)75(117)94-53(34-47-37-84-41-89-47)69(111)92-52(31-44-17-7-5-8-18-44)68(110)91-51(24-14-28-86-79(82)83)67(109)96-56(33-46-36-87-49-22-12-11-21-48(46)49)77(119)102-30-16-26-60(102)73(115)99-63/h5-12,17-22,36-37,41-43,50-60,63-64,87,103H,4,13-16,23-35,38-40H2,1-3H3,(H,84,89)(H,88,107)(H,90,104)(H,91,110)(H,92,111)(H,93,114)(H,94,117)(H,95,112)(H,96,109)(H,97,108)(H,98,116)(H,99,115)(H,100,113)(H,105,106)(H4,80,81,85)(H4,82,83,86)/t42-,43+,50-,51-,52-,53-,54-,55-,56-,57-,58-,59-,60-,63-,64-/m0/s1. The molecule has 2 aromatic heterocycles. The van der Waals surface area contributed by atoms with Crippen molar-refractivity contribution in [3.05, 3.63) is 126 Å².